The van der Waals surface area contributed by atoms with Crippen LogP contribution in [0.1, 0.15) is 123 Å². The van der Waals surface area contributed by atoms with Crippen LogP contribution in [0.4, 0.5) is 0 Å². The fourth-order valence-electron chi connectivity index (χ4n) is 8.92. The Kier molecular flexibility index (Phi) is 11.2. The van der Waals surface area contributed by atoms with E-state index in [1.165, 1.54) is 12.8 Å². The van der Waals surface area contributed by atoms with Crippen LogP contribution in [-0.4, -0.2) is 90.6 Å². The number of amides is 2. The van der Waals surface area contributed by atoms with Crippen LogP contribution < -0.4 is 0 Å². The van der Waals surface area contributed by atoms with Gasteiger partial charge in [0.2, 0.25) is 11.8 Å². The summed E-state index contributed by atoms with van der Waals surface area (Å²) in [5.74, 6) is 14.0. The lowest BCUT2D eigenvalue weighted by Crippen LogP contribution is -2.44. The van der Waals surface area contributed by atoms with E-state index in [1.54, 1.807) is 12.4 Å². The summed E-state index contributed by atoms with van der Waals surface area (Å²) in [5, 5.41) is 0. The topological polar surface area (TPSA) is 104 Å². The Morgan fingerprint density at radius 1 is 0.556 bits per heavy atom. The molecule has 0 aliphatic carbocycles. The van der Waals surface area contributed by atoms with Crippen molar-refractivity contribution in [2.24, 2.45) is 0 Å². The second kappa shape index (κ2) is 16.9. The number of rotatable bonds is 8. The molecule has 4 aliphatic heterocycles. The third-order valence-corrected chi connectivity index (χ3v) is 11.6. The van der Waals surface area contributed by atoms with Gasteiger partial charge in [0, 0.05) is 13.1 Å². The van der Waals surface area contributed by atoms with Crippen molar-refractivity contribution < 1.29 is 9.59 Å². The third kappa shape index (κ3) is 7.87. The molecule has 2 N–H and O–H groups in total. The lowest BCUT2D eigenvalue weighted by molar-refractivity contribution is -0.139. The molecule has 8 rings (SSSR count). The third-order valence-electron chi connectivity index (χ3n) is 11.6. The van der Waals surface area contributed by atoms with E-state index in [2.05, 4.69) is 77.7 Å². The number of likely N-dealkylation sites (tertiary alicyclic amines) is 4. The van der Waals surface area contributed by atoms with Crippen molar-refractivity contribution in [3.05, 3.63) is 107 Å². The van der Waals surface area contributed by atoms with E-state index in [4.69, 9.17) is 0 Å². The summed E-state index contributed by atoms with van der Waals surface area (Å²) in [6.07, 6.45) is 14.0. The normalized spacial score (nSPS) is 21.9. The van der Waals surface area contributed by atoms with Crippen molar-refractivity contribution in [3.8, 4) is 23.7 Å². The molecule has 4 aliphatic rings. The van der Waals surface area contributed by atoms with Crippen LogP contribution >= 0.6 is 0 Å². The smallest absolute Gasteiger partial charge is 0.245 e. The molecule has 4 fully saturated rings. The highest BCUT2D eigenvalue weighted by Gasteiger charge is 2.40. The first-order valence-electron chi connectivity index (χ1n) is 19.9. The van der Waals surface area contributed by atoms with Crippen LogP contribution in [-0.2, 0) is 9.59 Å². The van der Waals surface area contributed by atoms with E-state index in [-0.39, 0.29) is 36.0 Å². The highest BCUT2D eigenvalue weighted by Crippen LogP contribution is 2.37. The van der Waals surface area contributed by atoms with Gasteiger partial charge in [0.15, 0.2) is 0 Å². The quantitative estimate of drug-likeness (QED) is 0.207. The van der Waals surface area contributed by atoms with Crippen LogP contribution in [0, 0.1) is 23.7 Å². The van der Waals surface area contributed by atoms with Gasteiger partial charge >= 0.3 is 0 Å². The molecule has 278 valence electrons. The maximum absolute atomic E-state index is 14.2. The molecule has 0 spiro atoms. The molecule has 0 bridgehead atoms. The SMILES string of the molecule is O=C([C@@H](c1ccccc1)N1CCCCC1)N1CCC[C@H]1c1ncc(C#CC#Cc2cnc([C@@H]3CCCN3C(=O)[C@@H](c3ccccc3)N3CCCCC3)[nH]2)[nH]1. The number of hydrogen-bond acceptors (Lipinski definition) is 6. The predicted octanol–water partition coefficient (Wildman–Crippen LogP) is 6.32. The Labute approximate surface area is 318 Å². The average Bonchev–Trinajstić information content (AvgIpc) is 4.06. The number of hydrogen-bond donors (Lipinski definition) is 2. The molecular weight excluding hydrogens is 673 g/mol. The number of aromatic nitrogens is 4. The van der Waals surface area contributed by atoms with Crippen LogP contribution in [0.3, 0.4) is 0 Å². The van der Waals surface area contributed by atoms with Gasteiger partial charge in [0.25, 0.3) is 0 Å². The summed E-state index contributed by atoms with van der Waals surface area (Å²) in [4.78, 5) is 53.3. The van der Waals surface area contributed by atoms with Crippen molar-refractivity contribution in [2.45, 2.75) is 88.4 Å². The van der Waals surface area contributed by atoms with Gasteiger partial charge in [-0.05, 0) is 112 Å². The monoisotopic (exact) mass is 722 g/mol. The largest absolute Gasteiger partial charge is 0.334 e. The predicted molar refractivity (Wildman–Crippen MR) is 208 cm³/mol. The highest BCUT2D eigenvalue weighted by molar-refractivity contribution is 5.84. The van der Waals surface area contributed by atoms with Gasteiger partial charge in [-0.3, -0.25) is 19.4 Å². The van der Waals surface area contributed by atoms with Gasteiger partial charge in [-0.15, -0.1) is 0 Å². The summed E-state index contributed by atoms with van der Waals surface area (Å²) in [6.45, 7) is 5.21. The van der Waals surface area contributed by atoms with E-state index >= 15 is 0 Å². The zero-order valence-electron chi connectivity index (χ0n) is 31.1. The molecule has 2 aromatic carbocycles. The molecule has 10 heteroatoms. The molecule has 0 saturated carbocycles. The minimum absolute atomic E-state index is 0.108. The number of carbonyl (C=O) groups excluding carboxylic acids is 2. The number of imidazole rings is 2. The molecule has 2 amide bonds. The Hall–Kier alpha value is -5.16. The second-order valence-electron chi connectivity index (χ2n) is 15.1. The minimum Gasteiger partial charge on any atom is -0.334 e. The van der Waals surface area contributed by atoms with Crippen LogP contribution in [0.25, 0.3) is 0 Å². The van der Waals surface area contributed by atoms with Crippen molar-refractivity contribution in [3.63, 3.8) is 0 Å². The van der Waals surface area contributed by atoms with Crippen LogP contribution in [0.5, 0.6) is 0 Å². The molecule has 4 atom stereocenters. The fourth-order valence-corrected chi connectivity index (χ4v) is 8.92. The molecule has 4 aromatic rings. The molecular formula is C44H50N8O2. The lowest BCUT2D eigenvalue weighted by atomic mass is 10.00. The highest BCUT2D eigenvalue weighted by atomic mass is 16.2. The van der Waals surface area contributed by atoms with Crippen LogP contribution in [0.2, 0.25) is 0 Å². The summed E-state index contributed by atoms with van der Waals surface area (Å²) in [6, 6.07) is 19.7. The van der Waals surface area contributed by atoms with E-state index in [1.807, 2.05) is 46.2 Å². The zero-order chi connectivity index (χ0) is 36.7. The lowest BCUT2D eigenvalue weighted by Gasteiger charge is -2.37. The second-order valence-corrected chi connectivity index (χ2v) is 15.1. The first-order valence-corrected chi connectivity index (χ1v) is 19.9. The van der Waals surface area contributed by atoms with Gasteiger partial charge in [0.1, 0.15) is 35.1 Å². The van der Waals surface area contributed by atoms with Crippen molar-refractivity contribution in [1.82, 2.24) is 39.5 Å². The molecule has 2 aromatic heterocycles. The number of piperidine rings is 2. The van der Waals surface area contributed by atoms with E-state index in [0.717, 1.165) is 113 Å². The number of H-pyrrole nitrogens is 2. The fraction of sp³-hybridized carbons (Fsp3) is 0.455. The molecule has 6 heterocycles. The molecule has 0 radical (unpaired) electrons. The van der Waals surface area contributed by atoms with Gasteiger partial charge in [-0.2, -0.15) is 0 Å². The van der Waals surface area contributed by atoms with Crippen LogP contribution in [0.15, 0.2) is 73.1 Å². The van der Waals surface area contributed by atoms with Crippen molar-refractivity contribution in [1.29, 1.82) is 0 Å². The standard InChI is InChI=1S/C44H50N8O2/c53-43(39(33-17-5-1-6-18-33)49-25-11-3-12-26-49)51-29-15-23-37(51)41-45-31-35(47-41)21-9-10-22-36-32-46-42(48-36)38-24-16-30-52(38)44(54)40(34-19-7-2-8-20-34)50-27-13-4-14-28-50/h1-2,5-8,17-20,31-32,37-40H,3-4,11-16,23-30H2,(H,45,47)(H,46,48)/t37-,38-,39+,40+/m0/s1. The van der Waals surface area contributed by atoms with E-state index < -0.39 is 0 Å². The Balaban J connectivity index is 0.928. The maximum atomic E-state index is 14.2. The molecule has 0 unspecified atom stereocenters. The number of nitrogens with zero attached hydrogens (tertiary/aromatic N) is 6. The van der Waals surface area contributed by atoms with E-state index in [0.29, 0.717) is 11.4 Å². The Bertz CT molecular complexity index is 1860. The molecule has 54 heavy (non-hydrogen) atoms. The zero-order valence-corrected chi connectivity index (χ0v) is 31.1. The first kappa shape index (κ1) is 35.8. The van der Waals surface area contributed by atoms with Gasteiger partial charge in [-0.25, -0.2) is 9.97 Å². The van der Waals surface area contributed by atoms with Crippen molar-refractivity contribution >= 4 is 11.8 Å². The Morgan fingerprint density at radius 2 is 0.963 bits per heavy atom. The molecule has 4 saturated heterocycles. The summed E-state index contributed by atoms with van der Waals surface area (Å²) in [5.41, 5.74) is 3.45. The number of carbonyl (C=O) groups is 2. The number of nitrogens with one attached hydrogen (secondary N) is 2. The van der Waals surface area contributed by atoms with Gasteiger partial charge < -0.3 is 19.8 Å². The average molecular weight is 723 g/mol. The summed E-state index contributed by atoms with van der Waals surface area (Å²) < 4.78 is 0. The minimum atomic E-state index is -0.275. The summed E-state index contributed by atoms with van der Waals surface area (Å²) >= 11 is 0. The number of benzene rings is 2. The maximum Gasteiger partial charge on any atom is 0.245 e. The Morgan fingerprint density at radius 3 is 1.37 bits per heavy atom. The van der Waals surface area contributed by atoms with E-state index in [9.17, 15) is 9.59 Å². The number of aromatic amines is 2. The molecule has 10 nitrogen and oxygen atoms in total. The first-order chi connectivity index (χ1) is 26.6. The van der Waals surface area contributed by atoms with Gasteiger partial charge in [0.05, 0.1) is 24.5 Å². The van der Waals surface area contributed by atoms with Gasteiger partial charge in [-0.1, -0.05) is 73.5 Å². The summed E-state index contributed by atoms with van der Waals surface area (Å²) in [7, 11) is 0. The van der Waals surface area contributed by atoms with Crippen molar-refractivity contribution in [2.75, 3.05) is 39.3 Å².